The largest absolute Gasteiger partial charge is 0.444 e. The Hall–Kier alpha value is -5.17. The lowest BCUT2D eigenvalue weighted by atomic mass is 10.0. The van der Waals surface area contributed by atoms with Crippen molar-refractivity contribution in [3.8, 4) is 11.5 Å². The number of amides is 2. The maximum absolute atomic E-state index is 13.6. The Kier molecular flexibility index (Phi) is 7.69. The highest BCUT2D eigenvalue weighted by molar-refractivity contribution is 5.93. The molecule has 0 bridgehead atoms. The first-order chi connectivity index (χ1) is 22.2. The Bertz CT molecular complexity index is 1870. The van der Waals surface area contributed by atoms with E-state index in [1.807, 2.05) is 23.1 Å². The summed E-state index contributed by atoms with van der Waals surface area (Å²) in [6.45, 7) is 7.76. The first-order valence-electron chi connectivity index (χ1n) is 15.4. The number of rotatable bonds is 7. The lowest BCUT2D eigenvalue weighted by Gasteiger charge is -2.38. The van der Waals surface area contributed by atoms with Crippen LogP contribution in [0.3, 0.4) is 0 Å². The zero-order valence-corrected chi connectivity index (χ0v) is 26.0. The van der Waals surface area contributed by atoms with Crippen LogP contribution in [-0.2, 0) is 4.74 Å². The van der Waals surface area contributed by atoms with Gasteiger partial charge in [0.25, 0.3) is 5.91 Å². The number of hydrogen-bond donors (Lipinski definition) is 1. The maximum Gasteiger partial charge on any atom is 0.412 e. The smallest absolute Gasteiger partial charge is 0.412 e. The van der Waals surface area contributed by atoms with Crippen LogP contribution in [0.2, 0.25) is 0 Å². The molecular weight excluding hydrogens is 586 g/mol. The lowest BCUT2D eigenvalue weighted by Crippen LogP contribution is -2.50. The SMILES string of the molecule is CC(C)(C)OC(=O)Nc1ccc2oc(-c3ccnc(C(=O)N4CCN(C(c5ccccc5)c5nnn(C6CC6)n5)CC4)c3)nc2c1. The van der Waals surface area contributed by atoms with E-state index >= 15 is 0 Å². The molecule has 1 unspecified atom stereocenters. The summed E-state index contributed by atoms with van der Waals surface area (Å²) in [7, 11) is 0. The standard InChI is InChI=1S/C33H35N9O4/c1-33(2,3)46-32(44)35-23-9-12-27-25(20-23)36-30(45-27)22-13-14-34-26(19-22)31(43)41-17-15-40(16-18-41)28(21-7-5-4-6-8-21)29-37-39-42(38-29)24-10-11-24/h4-9,12-14,19-20,24,28H,10-11,15-18H2,1-3H3,(H,35,44). The van der Waals surface area contributed by atoms with Crippen molar-refractivity contribution in [3.63, 3.8) is 0 Å². The molecule has 3 aromatic heterocycles. The molecule has 46 heavy (non-hydrogen) atoms. The highest BCUT2D eigenvalue weighted by Gasteiger charge is 2.33. The van der Waals surface area contributed by atoms with Gasteiger partial charge in [0.15, 0.2) is 11.4 Å². The Morgan fingerprint density at radius 2 is 1.78 bits per heavy atom. The van der Waals surface area contributed by atoms with E-state index in [1.54, 1.807) is 62.1 Å². The molecule has 1 saturated heterocycles. The fraction of sp³-hybridized carbons (Fsp3) is 0.364. The van der Waals surface area contributed by atoms with Gasteiger partial charge >= 0.3 is 6.09 Å². The molecule has 0 radical (unpaired) electrons. The van der Waals surface area contributed by atoms with Crippen molar-refractivity contribution in [1.82, 2.24) is 40.0 Å². The number of benzene rings is 2. The summed E-state index contributed by atoms with van der Waals surface area (Å²) in [6.07, 6.45) is 3.20. The van der Waals surface area contributed by atoms with Gasteiger partial charge in [-0.3, -0.25) is 20.0 Å². The van der Waals surface area contributed by atoms with Crippen LogP contribution in [0, 0.1) is 0 Å². The number of fused-ring (bicyclic) bond motifs is 1. The molecule has 2 fully saturated rings. The van der Waals surface area contributed by atoms with Crippen LogP contribution in [0.25, 0.3) is 22.6 Å². The van der Waals surface area contributed by atoms with Gasteiger partial charge in [-0.05, 0) is 74.7 Å². The number of ether oxygens (including phenoxy) is 1. The van der Waals surface area contributed by atoms with Crippen LogP contribution in [0.15, 0.2) is 71.3 Å². The molecular formula is C33H35N9O4. The van der Waals surface area contributed by atoms with Crippen LogP contribution < -0.4 is 5.32 Å². The molecule has 236 valence electrons. The van der Waals surface area contributed by atoms with E-state index in [2.05, 4.69) is 42.6 Å². The van der Waals surface area contributed by atoms with Crippen LogP contribution in [0.1, 0.15) is 67.6 Å². The number of pyridine rings is 1. The second-order valence-corrected chi connectivity index (χ2v) is 12.6. The van der Waals surface area contributed by atoms with E-state index in [-0.39, 0.29) is 11.9 Å². The fourth-order valence-corrected chi connectivity index (χ4v) is 5.54. The second kappa shape index (κ2) is 12.0. The Balaban J connectivity index is 1.04. The third-order valence-corrected chi connectivity index (χ3v) is 7.90. The van der Waals surface area contributed by atoms with Crippen molar-refractivity contribution in [2.24, 2.45) is 0 Å². The molecule has 1 saturated carbocycles. The normalized spacial score (nSPS) is 16.4. The number of hydrogen-bond acceptors (Lipinski definition) is 10. The molecule has 4 heterocycles. The predicted octanol–water partition coefficient (Wildman–Crippen LogP) is 5.11. The zero-order chi connectivity index (χ0) is 31.8. The summed E-state index contributed by atoms with van der Waals surface area (Å²) in [5.41, 5.74) is 3.06. The molecule has 2 aromatic carbocycles. The lowest BCUT2D eigenvalue weighted by molar-refractivity contribution is 0.0585. The monoisotopic (exact) mass is 621 g/mol. The van der Waals surface area contributed by atoms with Crippen molar-refractivity contribution in [1.29, 1.82) is 0 Å². The van der Waals surface area contributed by atoms with Gasteiger partial charge in [0.05, 0.1) is 12.1 Å². The van der Waals surface area contributed by atoms with E-state index in [0.717, 1.165) is 18.4 Å². The highest BCUT2D eigenvalue weighted by Crippen LogP contribution is 2.34. The third-order valence-electron chi connectivity index (χ3n) is 7.90. The maximum atomic E-state index is 13.6. The van der Waals surface area contributed by atoms with Gasteiger partial charge in [-0.2, -0.15) is 4.80 Å². The summed E-state index contributed by atoms with van der Waals surface area (Å²) < 4.78 is 11.3. The molecule has 1 aliphatic carbocycles. The van der Waals surface area contributed by atoms with Crippen molar-refractivity contribution in [2.75, 3.05) is 31.5 Å². The second-order valence-electron chi connectivity index (χ2n) is 12.6. The van der Waals surface area contributed by atoms with Crippen molar-refractivity contribution in [2.45, 2.75) is 51.3 Å². The van der Waals surface area contributed by atoms with Crippen molar-refractivity contribution in [3.05, 3.63) is 83.9 Å². The number of anilines is 1. The number of nitrogens with one attached hydrogen (secondary N) is 1. The number of piperazine rings is 1. The number of carbonyl (C=O) groups is 2. The molecule has 2 aliphatic rings. The molecule has 1 N–H and O–H groups in total. The van der Waals surface area contributed by atoms with Gasteiger partial charge in [0, 0.05) is 43.6 Å². The van der Waals surface area contributed by atoms with Crippen LogP contribution >= 0.6 is 0 Å². The van der Waals surface area contributed by atoms with Crippen molar-refractivity contribution >= 4 is 28.8 Å². The quantitative estimate of drug-likeness (QED) is 0.260. The number of tetrazole rings is 1. The minimum atomic E-state index is -0.612. The number of oxazole rings is 1. The molecule has 13 heteroatoms. The topological polar surface area (TPSA) is 144 Å². The summed E-state index contributed by atoms with van der Waals surface area (Å²) in [5.74, 6) is 0.872. The third kappa shape index (κ3) is 6.45. The Labute approximate surface area is 265 Å². The van der Waals surface area contributed by atoms with E-state index in [4.69, 9.17) is 14.3 Å². The van der Waals surface area contributed by atoms with E-state index in [0.29, 0.717) is 72.0 Å². The summed E-state index contributed by atoms with van der Waals surface area (Å²) in [5, 5.41) is 16.2. The fourth-order valence-electron chi connectivity index (χ4n) is 5.54. The molecule has 0 spiro atoms. The Morgan fingerprint density at radius 1 is 1.00 bits per heavy atom. The summed E-state index contributed by atoms with van der Waals surface area (Å²) in [4.78, 5) is 40.7. The minimum absolute atomic E-state index is 0.147. The van der Waals surface area contributed by atoms with Crippen LogP contribution in [0.5, 0.6) is 0 Å². The molecule has 1 aliphatic heterocycles. The average Bonchev–Trinajstić information content (AvgIpc) is 3.63. The number of nitrogens with zero attached hydrogens (tertiary/aromatic N) is 8. The molecule has 13 nitrogen and oxygen atoms in total. The van der Waals surface area contributed by atoms with Crippen molar-refractivity contribution < 1.29 is 18.7 Å². The molecule has 7 rings (SSSR count). The van der Waals surface area contributed by atoms with E-state index < -0.39 is 11.7 Å². The van der Waals surface area contributed by atoms with E-state index in [9.17, 15) is 9.59 Å². The zero-order valence-electron chi connectivity index (χ0n) is 26.0. The summed E-state index contributed by atoms with van der Waals surface area (Å²) >= 11 is 0. The highest BCUT2D eigenvalue weighted by atomic mass is 16.6. The predicted molar refractivity (Wildman–Crippen MR) is 169 cm³/mol. The first kappa shape index (κ1) is 29.5. The van der Waals surface area contributed by atoms with Gasteiger partial charge in [0.1, 0.15) is 16.8 Å². The molecule has 1 atom stereocenters. The Morgan fingerprint density at radius 3 is 2.52 bits per heavy atom. The van der Waals surface area contributed by atoms with Gasteiger partial charge in [-0.15, -0.1) is 10.2 Å². The van der Waals surface area contributed by atoms with Crippen LogP contribution in [-0.4, -0.2) is 83.8 Å². The van der Waals surface area contributed by atoms with Gasteiger partial charge < -0.3 is 14.1 Å². The number of carbonyl (C=O) groups excluding carboxylic acids is 2. The molecule has 5 aromatic rings. The van der Waals surface area contributed by atoms with Gasteiger partial charge in [-0.25, -0.2) is 9.78 Å². The summed E-state index contributed by atoms with van der Waals surface area (Å²) in [6, 6.07) is 19.0. The van der Waals surface area contributed by atoms with Gasteiger partial charge in [-0.1, -0.05) is 30.3 Å². The minimum Gasteiger partial charge on any atom is -0.444 e. The van der Waals surface area contributed by atoms with Gasteiger partial charge in [0.2, 0.25) is 5.89 Å². The molecule has 2 amide bonds. The van der Waals surface area contributed by atoms with E-state index in [1.165, 1.54) is 0 Å². The van der Waals surface area contributed by atoms with Crippen LogP contribution in [0.4, 0.5) is 10.5 Å². The number of aromatic nitrogens is 6. The first-order valence-corrected chi connectivity index (χ1v) is 15.4. The average molecular weight is 622 g/mol.